The molecule has 1 aromatic heterocycles. The molecule has 2 aromatic carbocycles. The van der Waals surface area contributed by atoms with Crippen LogP contribution < -0.4 is 9.80 Å². The Balaban J connectivity index is 0.000000136. The molecule has 0 amide bonds. The van der Waals surface area contributed by atoms with Gasteiger partial charge in [0.05, 0.1) is 11.8 Å². The van der Waals surface area contributed by atoms with Crippen LogP contribution in [0, 0.1) is 30.2 Å². The van der Waals surface area contributed by atoms with Gasteiger partial charge in [-0.05, 0) is 48.2 Å². The van der Waals surface area contributed by atoms with Crippen LogP contribution in [0.25, 0.3) is 4.85 Å². The minimum absolute atomic E-state index is 0.281. The van der Waals surface area contributed by atoms with E-state index in [1.54, 1.807) is 0 Å². The molecule has 6 atom stereocenters. The van der Waals surface area contributed by atoms with Gasteiger partial charge >= 0.3 is 0 Å². The van der Waals surface area contributed by atoms with E-state index < -0.39 is 0 Å². The van der Waals surface area contributed by atoms with Gasteiger partial charge in [0.1, 0.15) is 5.88 Å². The van der Waals surface area contributed by atoms with E-state index in [0.717, 1.165) is 42.0 Å². The normalized spacial score (nSPS) is 29.7. The van der Waals surface area contributed by atoms with E-state index in [9.17, 15) is 0 Å². The second kappa shape index (κ2) is 9.20. The highest BCUT2D eigenvalue weighted by molar-refractivity contribution is 6.31. The molecule has 4 aliphatic rings. The smallest absolute Gasteiger partial charge is 0.241 e. The number of anilines is 2. The zero-order valence-corrected chi connectivity index (χ0v) is 21.2. The maximum atomic E-state index is 7.01. The molecule has 0 N–H and O–H groups in total. The fourth-order valence-electron chi connectivity index (χ4n) is 5.82. The highest BCUT2D eigenvalue weighted by Crippen LogP contribution is 2.58. The van der Waals surface area contributed by atoms with Crippen molar-refractivity contribution in [3.05, 3.63) is 81.7 Å². The summed E-state index contributed by atoms with van der Waals surface area (Å²) in [6.07, 6.45) is 0. The molecule has 9 heteroatoms. The largest absolute Gasteiger partial charge is 0.371 e. The number of benzene rings is 2. The third-order valence-corrected chi connectivity index (χ3v) is 8.43. The highest BCUT2D eigenvalue weighted by atomic mass is 35.5. The second-order valence-electron chi connectivity index (χ2n) is 9.75. The van der Waals surface area contributed by atoms with Crippen molar-refractivity contribution in [1.29, 1.82) is 0 Å². The SMILES string of the molecule is ClCc1nc(C2[C@H]3CN(c4cccc(Cl)c4)C[C@@H]23)no1.[C-]#[N+]C1[C@H]2CN(c3cccc(Cl)c3)C[C@@H]12. The van der Waals surface area contributed by atoms with Crippen molar-refractivity contribution < 1.29 is 4.52 Å². The lowest BCUT2D eigenvalue weighted by Gasteiger charge is -2.21. The number of hydrogen-bond acceptors (Lipinski definition) is 5. The van der Waals surface area contributed by atoms with Gasteiger partial charge < -0.3 is 19.2 Å². The van der Waals surface area contributed by atoms with E-state index >= 15 is 0 Å². The first-order chi connectivity index (χ1) is 17.1. The van der Waals surface area contributed by atoms with Crippen LogP contribution in [0.15, 0.2) is 53.1 Å². The van der Waals surface area contributed by atoms with E-state index in [1.807, 2.05) is 36.4 Å². The third kappa shape index (κ3) is 4.46. The summed E-state index contributed by atoms with van der Waals surface area (Å²) in [4.78, 5) is 12.7. The molecule has 0 bridgehead atoms. The number of fused-ring (bicyclic) bond motifs is 2. The van der Waals surface area contributed by atoms with Crippen LogP contribution >= 0.6 is 34.8 Å². The Labute approximate surface area is 219 Å². The molecular weight excluding hydrogens is 505 g/mol. The maximum absolute atomic E-state index is 7.01. The van der Waals surface area contributed by atoms with Gasteiger partial charge in [-0.2, -0.15) is 4.98 Å². The number of nitrogens with zero attached hydrogens (tertiary/aromatic N) is 5. The fourth-order valence-corrected chi connectivity index (χ4v) is 6.30. The van der Waals surface area contributed by atoms with Crippen LogP contribution in [-0.2, 0) is 5.88 Å². The van der Waals surface area contributed by atoms with Gasteiger partial charge in [0.25, 0.3) is 0 Å². The van der Waals surface area contributed by atoms with Crippen molar-refractivity contribution in [2.45, 2.75) is 17.8 Å². The van der Waals surface area contributed by atoms with Gasteiger partial charge in [-0.3, -0.25) is 0 Å². The molecule has 0 spiro atoms. The Kier molecular flexibility index (Phi) is 6.04. The topological polar surface area (TPSA) is 49.8 Å². The number of rotatable bonds is 4. The van der Waals surface area contributed by atoms with E-state index in [4.69, 9.17) is 45.9 Å². The van der Waals surface area contributed by atoms with Crippen molar-refractivity contribution in [2.24, 2.45) is 23.7 Å². The zero-order chi connectivity index (χ0) is 24.1. The van der Waals surface area contributed by atoms with Crippen molar-refractivity contribution in [3.8, 4) is 0 Å². The number of hydrogen-bond donors (Lipinski definition) is 0. The van der Waals surface area contributed by atoms with Gasteiger partial charge in [-0.15, -0.1) is 11.6 Å². The van der Waals surface area contributed by atoms with E-state index in [0.29, 0.717) is 41.5 Å². The van der Waals surface area contributed by atoms with Crippen molar-refractivity contribution in [2.75, 3.05) is 36.0 Å². The summed E-state index contributed by atoms with van der Waals surface area (Å²) in [5.74, 6) is 4.52. The summed E-state index contributed by atoms with van der Waals surface area (Å²) in [5.41, 5.74) is 2.39. The lowest BCUT2D eigenvalue weighted by Crippen LogP contribution is -2.24. The molecule has 7 rings (SSSR count). The molecule has 3 heterocycles. The van der Waals surface area contributed by atoms with E-state index in [-0.39, 0.29) is 5.88 Å². The van der Waals surface area contributed by atoms with Crippen molar-refractivity contribution in [1.82, 2.24) is 10.1 Å². The van der Waals surface area contributed by atoms with Gasteiger partial charge in [0.15, 0.2) is 5.82 Å². The summed E-state index contributed by atoms with van der Waals surface area (Å²) >= 11 is 17.7. The first kappa shape index (κ1) is 23.0. The minimum Gasteiger partial charge on any atom is -0.371 e. The standard InChI is InChI=1S/C14H13Cl2N3O.C12H11ClN2/c15-5-12-17-14(18-20-12)13-10-6-19(7-11(10)13)9-3-1-2-8(16)4-9;1-14-12-10-6-15(7-11(10)12)9-4-2-3-8(13)5-9/h1-4,10-11,13H,5-7H2;2-5,10-12H,6-7H2/t10-,11+,13?;10-,11+,12?. The molecule has 35 heavy (non-hydrogen) atoms. The molecule has 2 aliphatic carbocycles. The Morgan fingerprint density at radius 1 is 0.886 bits per heavy atom. The van der Waals surface area contributed by atoms with Gasteiger partial charge in [-0.1, -0.05) is 40.5 Å². The Bertz CT molecular complexity index is 1250. The molecular formula is C26H24Cl3N5O. The number of aromatic nitrogens is 2. The van der Waals surface area contributed by atoms with Crippen LogP contribution in [0.2, 0.25) is 10.0 Å². The van der Waals surface area contributed by atoms with Crippen LogP contribution in [0.5, 0.6) is 0 Å². The van der Waals surface area contributed by atoms with Crippen LogP contribution in [0.4, 0.5) is 11.4 Å². The zero-order valence-electron chi connectivity index (χ0n) is 18.9. The van der Waals surface area contributed by atoms with E-state index in [1.165, 1.54) is 11.4 Å². The lowest BCUT2D eigenvalue weighted by molar-refractivity contribution is 0.383. The fraction of sp³-hybridized carbons (Fsp3) is 0.423. The van der Waals surface area contributed by atoms with Gasteiger partial charge in [-0.25, -0.2) is 6.57 Å². The summed E-state index contributed by atoms with van der Waals surface area (Å²) in [7, 11) is 0. The highest BCUT2D eigenvalue weighted by Gasteiger charge is 2.62. The molecule has 2 unspecified atom stereocenters. The Hall–Kier alpha value is -2.46. The average Bonchev–Trinajstić information content (AvgIpc) is 3.41. The molecule has 2 saturated heterocycles. The van der Waals surface area contributed by atoms with Gasteiger partial charge in [0, 0.05) is 53.5 Å². The first-order valence-corrected chi connectivity index (χ1v) is 13.1. The molecule has 6 nitrogen and oxygen atoms in total. The summed E-state index contributed by atoms with van der Waals surface area (Å²) in [6, 6.07) is 16.3. The van der Waals surface area contributed by atoms with E-state index in [2.05, 4.69) is 36.9 Å². The van der Waals surface area contributed by atoms with Crippen LogP contribution in [0.3, 0.4) is 0 Å². The monoisotopic (exact) mass is 527 g/mol. The minimum atomic E-state index is 0.281. The molecule has 2 saturated carbocycles. The Morgan fingerprint density at radius 2 is 1.43 bits per heavy atom. The quantitative estimate of drug-likeness (QED) is 0.307. The summed E-state index contributed by atoms with van der Waals surface area (Å²) in [6.45, 7) is 11.1. The molecule has 4 fully saturated rings. The summed E-state index contributed by atoms with van der Waals surface area (Å²) < 4.78 is 5.08. The Morgan fingerprint density at radius 3 is 1.89 bits per heavy atom. The lowest BCUT2D eigenvalue weighted by atomic mass is 10.2. The maximum Gasteiger partial charge on any atom is 0.241 e. The van der Waals surface area contributed by atoms with Crippen LogP contribution in [-0.4, -0.2) is 42.4 Å². The summed E-state index contributed by atoms with van der Waals surface area (Å²) in [5, 5.41) is 5.60. The van der Waals surface area contributed by atoms with Crippen molar-refractivity contribution in [3.63, 3.8) is 0 Å². The molecule has 180 valence electrons. The first-order valence-electron chi connectivity index (χ1n) is 11.8. The predicted molar refractivity (Wildman–Crippen MR) is 138 cm³/mol. The van der Waals surface area contributed by atoms with Gasteiger partial charge in [0.2, 0.25) is 11.9 Å². The third-order valence-electron chi connectivity index (χ3n) is 7.73. The number of piperidine rings is 2. The molecule has 2 aliphatic heterocycles. The predicted octanol–water partition coefficient (Wildman–Crippen LogP) is 6.01. The molecule has 0 radical (unpaired) electrons. The van der Waals surface area contributed by atoms with Crippen molar-refractivity contribution >= 4 is 46.2 Å². The average molecular weight is 529 g/mol. The van der Waals surface area contributed by atoms with Crippen LogP contribution in [0.1, 0.15) is 17.6 Å². The number of alkyl halides is 1. The second-order valence-corrected chi connectivity index (χ2v) is 10.9. The molecule has 3 aromatic rings. The number of halogens is 3.